The molecular weight excluding hydrogens is 225 g/mol. The molecule has 1 aliphatic rings. The predicted molar refractivity (Wildman–Crippen MR) is 49.8 cm³/mol. The Labute approximate surface area is 91.9 Å². The molecule has 3 nitrogen and oxygen atoms in total. The van der Waals surface area contributed by atoms with Gasteiger partial charge in [0.15, 0.2) is 0 Å². The van der Waals surface area contributed by atoms with Gasteiger partial charge in [-0.2, -0.15) is 13.2 Å². The molecule has 1 saturated carbocycles. The van der Waals surface area contributed by atoms with Crippen molar-refractivity contribution in [3.05, 3.63) is 0 Å². The number of carbonyl (C=O) groups is 1. The van der Waals surface area contributed by atoms with E-state index in [0.717, 1.165) is 0 Å². The fraction of sp³-hybridized carbons (Fsp3) is 0.900. The van der Waals surface area contributed by atoms with Crippen molar-refractivity contribution in [2.75, 3.05) is 13.7 Å². The van der Waals surface area contributed by atoms with Crippen LogP contribution in [0.2, 0.25) is 0 Å². The van der Waals surface area contributed by atoms with Crippen LogP contribution in [-0.4, -0.2) is 32.0 Å². The van der Waals surface area contributed by atoms with Gasteiger partial charge in [0.2, 0.25) is 0 Å². The number of halogens is 3. The highest BCUT2D eigenvalue weighted by atomic mass is 19.4. The van der Waals surface area contributed by atoms with E-state index in [1.54, 1.807) is 0 Å². The van der Waals surface area contributed by atoms with Crippen molar-refractivity contribution in [3.8, 4) is 0 Å². The first-order chi connectivity index (χ1) is 7.42. The zero-order chi connectivity index (χ0) is 12.2. The van der Waals surface area contributed by atoms with E-state index in [-0.39, 0.29) is 18.0 Å². The number of ether oxygens (including phenoxy) is 2. The second kappa shape index (κ2) is 5.52. The molecule has 0 spiro atoms. The molecule has 0 heterocycles. The molecule has 94 valence electrons. The molecule has 0 saturated heterocycles. The van der Waals surface area contributed by atoms with Crippen molar-refractivity contribution in [3.63, 3.8) is 0 Å². The average Bonchev–Trinajstić information content (AvgIpc) is 2.25. The molecule has 0 aromatic carbocycles. The molecule has 0 radical (unpaired) electrons. The Balaban J connectivity index is 2.24. The van der Waals surface area contributed by atoms with Gasteiger partial charge in [-0.05, 0) is 25.7 Å². The molecule has 0 N–H and O–H groups in total. The summed E-state index contributed by atoms with van der Waals surface area (Å²) in [6.45, 7) is -1.21. The summed E-state index contributed by atoms with van der Waals surface area (Å²) in [5.74, 6) is -0.468. The molecular formula is C10H15F3O3. The fourth-order valence-electron chi connectivity index (χ4n) is 1.84. The van der Waals surface area contributed by atoms with Crippen LogP contribution in [0.25, 0.3) is 0 Å². The van der Waals surface area contributed by atoms with Crippen LogP contribution < -0.4 is 0 Å². The first kappa shape index (κ1) is 13.3. The van der Waals surface area contributed by atoms with Crippen LogP contribution in [0.5, 0.6) is 0 Å². The van der Waals surface area contributed by atoms with Gasteiger partial charge in [0.1, 0.15) is 6.61 Å². The van der Waals surface area contributed by atoms with Gasteiger partial charge in [-0.15, -0.1) is 0 Å². The second-order valence-electron chi connectivity index (χ2n) is 3.92. The Morgan fingerprint density at radius 1 is 1.25 bits per heavy atom. The molecule has 1 aliphatic carbocycles. The molecule has 0 bridgehead atoms. The Morgan fingerprint density at radius 2 is 1.81 bits per heavy atom. The molecule has 0 atom stereocenters. The van der Waals surface area contributed by atoms with Crippen molar-refractivity contribution in [2.45, 2.75) is 38.0 Å². The van der Waals surface area contributed by atoms with Gasteiger partial charge in [0.05, 0.1) is 19.1 Å². The first-order valence-electron chi connectivity index (χ1n) is 5.18. The largest absolute Gasteiger partial charge is 0.469 e. The Kier molecular flexibility index (Phi) is 4.58. The minimum atomic E-state index is -4.28. The van der Waals surface area contributed by atoms with Gasteiger partial charge in [-0.1, -0.05) is 0 Å². The summed E-state index contributed by atoms with van der Waals surface area (Å²) in [6, 6.07) is 0. The van der Waals surface area contributed by atoms with E-state index in [1.165, 1.54) is 7.11 Å². The Hall–Kier alpha value is -0.780. The first-order valence-corrected chi connectivity index (χ1v) is 5.18. The molecule has 1 rings (SSSR count). The van der Waals surface area contributed by atoms with Crippen LogP contribution >= 0.6 is 0 Å². The fourth-order valence-corrected chi connectivity index (χ4v) is 1.84. The van der Waals surface area contributed by atoms with Crippen LogP contribution in [0.3, 0.4) is 0 Å². The molecule has 0 amide bonds. The minimum Gasteiger partial charge on any atom is -0.469 e. The molecule has 0 aromatic rings. The molecule has 0 aliphatic heterocycles. The summed E-state index contributed by atoms with van der Waals surface area (Å²) < 4.78 is 44.9. The van der Waals surface area contributed by atoms with Crippen LogP contribution in [0.15, 0.2) is 0 Å². The number of methoxy groups -OCH3 is 1. The van der Waals surface area contributed by atoms with E-state index >= 15 is 0 Å². The quantitative estimate of drug-likeness (QED) is 0.710. The second-order valence-corrected chi connectivity index (χ2v) is 3.92. The summed E-state index contributed by atoms with van der Waals surface area (Å²) in [6.07, 6.45) is -2.63. The third-order valence-electron chi connectivity index (χ3n) is 2.69. The highest BCUT2D eigenvalue weighted by molar-refractivity contribution is 5.72. The number of carbonyl (C=O) groups excluding carboxylic acids is 1. The number of hydrogen-bond donors (Lipinski definition) is 0. The SMILES string of the molecule is COC(=O)C1CCC(OCC(F)(F)F)CC1. The number of alkyl halides is 3. The van der Waals surface area contributed by atoms with Crippen LogP contribution in [0.1, 0.15) is 25.7 Å². The topological polar surface area (TPSA) is 35.5 Å². The summed E-state index contributed by atoms with van der Waals surface area (Å²) in [5, 5.41) is 0. The third-order valence-corrected chi connectivity index (χ3v) is 2.69. The lowest BCUT2D eigenvalue weighted by Crippen LogP contribution is -2.29. The highest BCUT2D eigenvalue weighted by Gasteiger charge is 2.32. The van der Waals surface area contributed by atoms with E-state index in [4.69, 9.17) is 4.74 Å². The number of hydrogen-bond acceptors (Lipinski definition) is 3. The van der Waals surface area contributed by atoms with Crippen LogP contribution in [0, 0.1) is 5.92 Å². The van der Waals surface area contributed by atoms with Crippen molar-refractivity contribution >= 4 is 5.97 Å². The summed E-state index contributed by atoms with van der Waals surface area (Å²) in [4.78, 5) is 11.1. The maximum atomic E-state index is 11.9. The molecule has 0 unspecified atom stereocenters. The number of rotatable bonds is 3. The van der Waals surface area contributed by atoms with Crippen LogP contribution in [0.4, 0.5) is 13.2 Å². The van der Waals surface area contributed by atoms with E-state index in [2.05, 4.69) is 4.74 Å². The maximum Gasteiger partial charge on any atom is 0.411 e. The summed E-state index contributed by atoms with van der Waals surface area (Å²) >= 11 is 0. The van der Waals surface area contributed by atoms with Crippen molar-refractivity contribution < 1.29 is 27.4 Å². The van der Waals surface area contributed by atoms with E-state index in [9.17, 15) is 18.0 Å². The van der Waals surface area contributed by atoms with Crippen molar-refractivity contribution in [1.29, 1.82) is 0 Å². The molecule has 16 heavy (non-hydrogen) atoms. The van der Waals surface area contributed by atoms with Crippen molar-refractivity contribution in [1.82, 2.24) is 0 Å². The lowest BCUT2D eigenvalue weighted by atomic mass is 9.87. The average molecular weight is 240 g/mol. The molecule has 1 fully saturated rings. The zero-order valence-electron chi connectivity index (χ0n) is 9.05. The highest BCUT2D eigenvalue weighted by Crippen LogP contribution is 2.28. The lowest BCUT2D eigenvalue weighted by molar-refractivity contribution is -0.189. The Bertz CT molecular complexity index is 232. The van der Waals surface area contributed by atoms with E-state index < -0.39 is 12.8 Å². The van der Waals surface area contributed by atoms with Crippen molar-refractivity contribution in [2.24, 2.45) is 5.92 Å². The lowest BCUT2D eigenvalue weighted by Gasteiger charge is -2.27. The van der Waals surface area contributed by atoms with Gasteiger partial charge < -0.3 is 9.47 Å². The third kappa shape index (κ3) is 4.38. The van der Waals surface area contributed by atoms with Gasteiger partial charge in [-0.3, -0.25) is 4.79 Å². The Morgan fingerprint density at radius 3 is 2.25 bits per heavy atom. The van der Waals surface area contributed by atoms with Gasteiger partial charge in [0.25, 0.3) is 0 Å². The molecule has 0 aromatic heterocycles. The standard InChI is InChI=1S/C10H15F3O3/c1-15-9(14)7-2-4-8(5-3-7)16-6-10(11,12)13/h7-8H,2-6H2,1H3. The van der Waals surface area contributed by atoms with Gasteiger partial charge in [0, 0.05) is 0 Å². The predicted octanol–water partition coefficient (Wildman–Crippen LogP) is 2.30. The van der Waals surface area contributed by atoms with Gasteiger partial charge in [-0.25, -0.2) is 0 Å². The summed E-state index contributed by atoms with van der Waals surface area (Å²) in [5.41, 5.74) is 0. The normalized spacial score (nSPS) is 26.5. The number of esters is 1. The minimum absolute atomic E-state index is 0.185. The molecule has 6 heteroatoms. The van der Waals surface area contributed by atoms with E-state index in [0.29, 0.717) is 25.7 Å². The van der Waals surface area contributed by atoms with E-state index in [1.807, 2.05) is 0 Å². The monoisotopic (exact) mass is 240 g/mol. The smallest absolute Gasteiger partial charge is 0.411 e. The van der Waals surface area contributed by atoms with Gasteiger partial charge >= 0.3 is 12.1 Å². The zero-order valence-corrected chi connectivity index (χ0v) is 9.05. The summed E-state index contributed by atoms with van der Waals surface area (Å²) in [7, 11) is 1.31. The van der Waals surface area contributed by atoms with Crippen LogP contribution in [-0.2, 0) is 14.3 Å². The maximum absolute atomic E-state index is 11.9.